The third kappa shape index (κ3) is 7.13. The predicted octanol–water partition coefficient (Wildman–Crippen LogP) is 5.05. The Hall–Kier alpha value is -4.24. The van der Waals surface area contributed by atoms with Gasteiger partial charge < -0.3 is 25.1 Å². The third-order valence-corrected chi connectivity index (χ3v) is 6.18. The maximum atomic E-state index is 13.3. The number of methoxy groups -OCH3 is 1. The molecule has 0 spiro atoms. The zero-order valence-corrected chi connectivity index (χ0v) is 20.5. The van der Waals surface area contributed by atoms with Crippen LogP contribution in [0.4, 0.5) is 10.5 Å². The molecule has 0 fully saturated rings. The van der Waals surface area contributed by atoms with E-state index in [1.807, 2.05) is 78.9 Å². The average molecular weight is 503 g/mol. The van der Waals surface area contributed by atoms with Crippen molar-refractivity contribution in [2.75, 3.05) is 12.4 Å². The summed E-state index contributed by atoms with van der Waals surface area (Å²) in [6, 6.07) is 25.4. The molecule has 0 saturated carbocycles. The van der Waals surface area contributed by atoms with E-state index >= 15 is 0 Å². The molecule has 1 atom stereocenters. The van der Waals surface area contributed by atoms with Crippen molar-refractivity contribution in [2.24, 2.45) is 0 Å². The van der Waals surface area contributed by atoms with Gasteiger partial charge in [0.2, 0.25) is 11.8 Å². The first-order valence-electron chi connectivity index (χ1n) is 11.3. The Balaban J connectivity index is 1.46. The molecular weight excluding hydrogens is 476 g/mol. The minimum atomic E-state index is -0.850. The molecule has 4 aromatic rings. The summed E-state index contributed by atoms with van der Waals surface area (Å²) in [5, 5.41) is 6.29. The van der Waals surface area contributed by atoms with E-state index in [0.717, 1.165) is 16.0 Å². The lowest BCUT2D eigenvalue weighted by molar-refractivity contribution is -0.118. The highest BCUT2D eigenvalue weighted by molar-refractivity contribution is 7.99. The number of para-hydroxylation sites is 1. The second-order valence-electron chi connectivity index (χ2n) is 7.79. The number of carbonyl (C=O) groups excluding carboxylic acids is 2. The van der Waals surface area contributed by atoms with E-state index < -0.39 is 12.1 Å². The van der Waals surface area contributed by atoms with Crippen LogP contribution >= 0.6 is 11.8 Å². The van der Waals surface area contributed by atoms with E-state index in [9.17, 15) is 9.59 Å². The summed E-state index contributed by atoms with van der Waals surface area (Å²) in [5.41, 5.74) is 2.36. The molecule has 0 aliphatic carbocycles. The molecule has 8 nitrogen and oxygen atoms in total. The molecule has 9 heteroatoms. The van der Waals surface area contributed by atoms with Crippen molar-refractivity contribution in [3.05, 3.63) is 102 Å². The van der Waals surface area contributed by atoms with E-state index in [1.165, 1.54) is 11.8 Å². The summed E-state index contributed by atoms with van der Waals surface area (Å²) < 4.78 is 10.5. The molecule has 1 heterocycles. The highest BCUT2D eigenvalue weighted by Gasteiger charge is 2.23. The number of hydrogen-bond acceptors (Lipinski definition) is 6. The minimum Gasteiger partial charge on any atom is -0.481 e. The Morgan fingerprint density at radius 1 is 0.944 bits per heavy atom. The Morgan fingerprint density at radius 3 is 2.31 bits per heavy atom. The molecule has 184 valence electrons. The lowest BCUT2D eigenvalue weighted by Gasteiger charge is -2.19. The molecule has 3 N–H and O–H groups in total. The third-order valence-electron chi connectivity index (χ3n) is 5.20. The number of rotatable bonds is 10. The van der Waals surface area contributed by atoms with Gasteiger partial charge in [-0.3, -0.25) is 4.79 Å². The first-order valence-corrected chi connectivity index (χ1v) is 12.1. The fraction of sp³-hybridized carbons (Fsp3) is 0.148. The number of benzene rings is 3. The molecule has 0 radical (unpaired) electrons. The van der Waals surface area contributed by atoms with E-state index in [2.05, 4.69) is 20.6 Å². The van der Waals surface area contributed by atoms with Gasteiger partial charge >= 0.3 is 6.09 Å². The van der Waals surface area contributed by atoms with E-state index in [1.54, 1.807) is 19.4 Å². The standard InChI is InChI=1S/C27H26N4O4S/c1-34-24-17-28-26(31-24)36-23-15-9-8-14-21(23)29-25(32)22(16-19-10-4-2-5-11-19)30-27(33)35-18-20-12-6-3-7-13-20/h2-15,17,22H,16,18H2,1H3,(H,28,31)(H,29,32)(H,30,33)/t22-/m0/s1. The first kappa shape index (κ1) is 24.9. The van der Waals surface area contributed by atoms with Crippen molar-refractivity contribution in [1.82, 2.24) is 15.3 Å². The molecule has 36 heavy (non-hydrogen) atoms. The predicted molar refractivity (Wildman–Crippen MR) is 138 cm³/mol. The number of ether oxygens (including phenoxy) is 2. The van der Waals surface area contributed by atoms with Crippen LogP contribution in [0.5, 0.6) is 5.88 Å². The van der Waals surface area contributed by atoms with Crippen molar-refractivity contribution >= 4 is 29.4 Å². The van der Waals surface area contributed by atoms with Crippen molar-refractivity contribution < 1.29 is 19.1 Å². The zero-order chi connectivity index (χ0) is 25.2. The lowest BCUT2D eigenvalue weighted by atomic mass is 10.1. The van der Waals surface area contributed by atoms with Crippen LogP contribution in [0.2, 0.25) is 0 Å². The number of aromatic nitrogens is 2. The number of alkyl carbamates (subject to hydrolysis) is 1. The molecule has 0 unspecified atom stereocenters. The summed E-state index contributed by atoms with van der Waals surface area (Å²) >= 11 is 1.35. The van der Waals surface area contributed by atoms with Crippen LogP contribution in [0, 0.1) is 0 Å². The van der Waals surface area contributed by atoms with Gasteiger partial charge in [-0.25, -0.2) is 9.78 Å². The van der Waals surface area contributed by atoms with E-state index in [-0.39, 0.29) is 12.5 Å². The summed E-state index contributed by atoms with van der Waals surface area (Å²) in [6.45, 7) is 0.110. The second kappa shape index (κ2) is 12.5. The molecule has 1 aromatic heterocycles. The first-order chi connectivity index (χ1) is 17.6. The van der Waals surface area contributed by atoms with Gasteiger partial charge in [0.15, 0.2) is 5.16 Å². The number of H-pyrrole nitrogens is 1. The summed E-state index contributed by atoms with van der Waals surface area (Å²) in [5.74, 6) is 0.181. The fourth-order valence-corrected chi connectivity index (χ4v) is 4.23. The number of imidazole rings is 1. The number of nitrogens with zero attached hydrogens (tertiary/aromatic N) is 1. The van der Waals surface area contributed by atoms with Gasteiger partial charge in [0, 0.05) is 11.3 Å². The fourth-order valence-electron chi connectivity index (χ4n) is 3.39. The summed E-state index contributed by atoms with van der Waals surface area (Å²) in [4.78, 5) is 34.0. The van der Waals surface area contributed by atoms with Crippen LogP contribution in [0.3, 0.4) is 0 Å². The van der Waals surface area contributed by atoms with Gasteiger partial charge in [0.1, 0.15) is 12.6 Å². The Labute approximate surface area is 213 Å². The van der Waals surface area contributed by atoms with E-state index in [4.69, 9.17) is 9.47 Å². The molecular formula is C27H26N4O4S. The van der Waals surface area contributed by atoms with Crippen LogP contribution in [-0.2, 0) is 22.6 Å². The Bertz CT molecular complexity index is 1280. The minimum absolute atomic E-state index is 0.110. The monoisotopic (exact) mass is 502 g/mol. The highest BCUT2D eigenvalue weighted by atomic mass is 32.2. The smallest absolute Gasteiger partial charge is 0.408 e. The van der Waals surface area contributed by atoms with Gasteiger partial charge in [0.05, 0.1) is 19.0 Å². The Kier molecular flexibility index (Phi) is 8.61. The summed E-state index contributed by atoms with van der Waals surface area (Å²) in [6.07, 6.45) is 1.22. The molecule has 0 aliphatic rings. The van der Waals surface area contributed by atoms with Gasteiger partial charge in [-0.2, -0.15) is 0 Å². The lowest BCUT2D eigenvalue weighted by Crippen LogP contribution is -2.45. The molecule has 0 aliphatic heterocycles. The van der Waals surface area contributed by atoms with Crippen LogP contribution in [0.25, 0.3) is 0 Å². The van der Waals surface area contributed by atoms with Crippen molar-refractivity contribution in [1.29, 1.82) is 0 Å². The SMILES string of the molecule is COc1cnc(Sc2ccccc2NC(=O)[C@H](Cc2ccccc2)NC(=O)OCc2ccccc2)[nH]1. The highest BCUT2D eigenvalue weighted by Crippen LogP contribution is 2.32. The zero-order valence-electron chi connectivity index (χ0n) is 19.6. The van der Waals surface area contributed by atoms with Crippen LogP contribution < -0.4 is 15.4 Å². The quantitative estimate of drug-likeness (QED) is 0.280. The summed E-state index contributed by atoms with van der Waals surface area (Å²) in [7, 11) is 1.56. The number of carbonyl (C=O) groups is 2. The molecule has 4 rings (SSSR count). The second-order valence-corrected chi connectivity index (χ2v) is 8.82. The number of amides is 2. The number of hydrogen-bond donors (Lipinski definition) is 3. The van der Waals surface area contributed by atoms with Crippen molar-refractivity contribution in [3.63, 3.8) is 0 Å². The maximum Gasteiger partial charge on any atom is 0.408 e. The largest absolute Gasteiger partial charge is 0.481 e. The van der Waals surface area contributed by atoms with Crippen LogP contribution in [0.15, 0.2) is 101 Å². The normalized spacial score (nSPS) is 11.4. The number of anilines is 1. The van der Waals surface area contributed by atoms with E-state index in [0.29, 0.717) is 23.1 Å². The number of aromatic amines is 1. The average Bonchev–Trinajstić information content (AvgIpc) is 3.37. The molecule has 0 saturated heterocycles. The van der Waals surface area contributed by atoms with Crippen molar-refractivity contribution in [3.8, 4) is 5.88 Å². The molecule has 0 bridgehead atoms. The van der Waals surface area contributed by atoms with Gasteiger partial charge in [0.25, 0.3) is 0 Å². The topological polar surface area (TPSA) is 105 Å². The van der Waals surface area contributed by atoms with Crippen LogP contribution in [-0.4, -0.2) is 35.1 Å². The van der Waals surface area contributed by atoms with Crippen LogP contribution in [0.1, 0.15) is 11.1 Å². The van der Waals surface area contributed by atoms with Gasteiger partial charge in [-0.05, 0) is 35.0 Å². The van der Waals surface area contributed by atoms with Gasteiger partial charge in [-0.15, -0.1) is 0 Å². The maximum absolute atomic E-state index is 13.3. The molecule has 2 amide bonds. The van der Waals surface area contributed by atoms with Gasteiger partial charge in [-0.1, -0.05) is 72.8 Å². The Morgan fingerprint density at radius 2 is 1.61 bits per heavy atom. The van der Waals surface area contributed by atoms with Crippen molar-refractivity contribution in [2.45, 2.75) is 29.1 Å². The number of nitrogens with one attached hydrogen (secondary N) is 3. The molecule has 3 aromatic carbocycles.